The molecule has 1 amide bonds. The van der Waals surface area contributed by atoms with Gasteiger partial charge in [-0.05, 0) is 51.0 Å². The average molecular weight is 357 g/mol. The number of rotatable bonds is 1. The lowest BCUT2D eigenvalue weighted by atomic mass is 10.1. The van der Waals surface area contributed by atoms with Gasteiger partial charge in [-0.1, -0.05) is 0 Å². The van der Waals surface area contributed by atoms with Gasteiger partial charge in [-0.3, -0.25) is 4.90 Å². The first-order chi connectivity index (χ1) is 12.2. The highest BCUT2D eigenvalue weighted by Gasteiger charge is 2.45. The summed E-state index contributed by atoms with van der Waals surface area (Å²) in [4.78, 5) is 28.5. The molecule has 138 valence electrons. The molecule has 1 fully saturated rings. The molecule has 2 aliphatic rings. The van der Waals surface area contributed by atoms with Crippen LogP contribution in [0.3, 0.4) is 0 Å². The van der Waals surface area contributed by atoms with Crippen molar-refractivity contribution in [1.29, 1.82) is 5.26 Å². The Balaban J connectivity index is 1.88. The van der Waals surface area contributed by atoms with Crippen LogP contribution in [-0.4, -0.2) is 54.8 Å². The molecule has 2 aliphatic heterocycles. The average Bonchev–Trinajstić information content (AvgIpc) is 2.94. The molecule has 26 heavy (non-hydrogen) atoms. The van der Waals surface area contributed by atoms with Gasteiger partial charge in [0.05, 0.1) is 24.8 Å². The van der Waals surface area contributed by atoms with E-state index in [2.05, 4.69) is 11.0 Å². The van der Waals surface area contributed by atoms with Crippen LogP contribution in [0.25, 0.3) is 0 Å². The first kappa shape index (κ1) is 18.1. The van der Waals surface area contributed by atoms with Crippen LogP contribution in [0.4, 0.5) is 10.5 Å². The third-order valence-corrected chi connectivity index (χ3v) is 4.67. The molecule has 0 aliphatic carbocycles. The van der Waals surface area contributed by atoms with Gasteiger partial charge in [-0.25, -0.2) is 9.59 Å². The predicted octanol–water partition coefficient (Wildman–Crippen LogP) is 2.08. The van der Waals surface area contributed by atoms with E-state index in [9.17, 15) is 9.59 Å². The zero-order chi connectivity index (χ0) is 19.1. The van der Waals surface area contributed by atoms with Crippen molar-refractivity contribution in [2.75, 3.05) is 25.1 Å². The molecule has 7 nitrogen and oxygen atoms in total. The van der Waals surface area contributed by atoms with E-state index < -0.39 is 23.7 Å². The highest BCUT2D eigenvalue weighted by Crippen LogP contribution is 2.36. The Labute approximate surface area is 153 Å². The van der Waals surface area contributed by atoms with Crippen molar-refractivity contribution in [3.63, 3.8) is 0 Å². The second-order valence-corrected chi connectivity index (χ2v) is 7.64. The second-order valence-electron chi connectivity index (χ2n) is 7.64. The number of hydrogen-bond acceptors (Lipinski definition) is 6. The molecular formula is C19H23N3O4. The van der Waals surface area contributed by atoms with Gasteiger partial charge in [0.25, 0.3) is 0 Å². The van der Waals surface area contributed by atoms with Crippen LogP contribution in [0, 0.1) is 11.3 Å². The number of carbonyl (C=O) groups excluding carboxylic acids is 2. The molecule has 0 N–H and O–H groups in total. The van der Waals surface area contributed by atoms with E-state index in [0.717, 1.165) is 17.7 Å². The largest absolute Gasteiger partial charge is 0.467 e. The lowest BCUT2D eigenvalue weighted by Crippen LogP contribution is -2.62. The Bertz CT molecular complexity index is 778. The van der Waals surface area contributed by atoms with Crippen LogP contribution < -0.4 is 4.90 Å². The first-order valence-corrected chi connectivity index (χ1v) is 8.60. The zero-order valence-electron chi connectivity index (χ0n) is 15.5. The highest BCUT2D eigenvalue weighted by atomic mass is 16.6. The van der Waals surface area contributed by atoms with Crippen LogP contribution in [0.5, 0.6) is 0 Å². The van der Waals surface area contributed by atoms with Crippen molar-refractivity contribution in [2.24, 2.45) is 0 Å². The molecule has 0 bridgehead atoms. The summed E-state index contributed by atoms with van der Waals surface area (Å²) in [6.07, 6.45) is 0.208. The Kier molecular flexibility index (Phi) is 4.53. The number of amides is 1. The van der Waals surface area contributed by atoms with Gasteiger partial charge >= 0.3 is 12.1 Å². The van der Waals surface area contributed by atoms with E-state index in [0.29, 0.717) is 18.7 Å². The van der Waals surface area contributed by atoms with E-state index in [4.69, 9.17) is 14.7 Å². The molecule has 1 aromatic rings. The van der Waals surface area contributed by atoms with Gasteiger partial charge < -0.3 is 14.4 Å². The van der Waals surface area contributed by atoms with Gasteiger partial charge in [0.2, 0.25) is 0 Å². The normalized spacial score (nSPS) is 21.5. The predicted molar refractivity (Wildman–Crippen MR) is 94.7 cm³/mol. The zero-order valence-corrected chi connectivity index (χ0v) is 15.5. The molecule has 0 saturated carbocycles. The molecule has 2 atom stereocenters. The maximum atomic E-state index is 12.6. The summed E-state index contributed by atoms with van der Waals surface area (Å²) in [6.45, 7) is 6.09. The van der Waals surface area contributed by atoms with Gasteiger partial charge in [-0.2, -0.15) is 5.26 Å². The number of fused-ring (bicyclic) bond motifs is 3. The number of esters is 1. The third-order valence-electron chi connectivity index (χ3n) is 4.67. The van der Waals surface area contributed by atoms with Crippen molar-refractivity contribution in [3.05, 3.63) is 29.3 Å². The van der Waals surface area contributed by atoms with Crippen LogP contribution in [-0.2, 0) is 20.7 Å². The fourth-order valence-corrected chi connectivity index (χ4v) is 3.57. The standard InChI is InChI=1S/C19H23N3O4/c1-19(2,3)26-18(24)22-10-14-8-13-7-12(9-20)5-6-15(13)21(14)11-16(22)17(23)25-4/h5-7,14,16H,8,10-11H2,1-4H3/t14-,16-/m0/s1. The SMILES string of the molecule is COC(=O)[C@@H]1CN2c3ccc(C#N)cc3C[C@H]2CN1C(=O)OC(C)(C)C. The van der Waals surface area contributed by atoms with Gasteiger partial charge in [-0.15, -0.1) is 0 Å². The van der Waals surface area contributed by atoms with Crippen molar-refractivity contribution in [2.45, 2.75) is 44.9 Å². The number of nitrogens with zero attached hydrogens (tertiary/aromatic N) is 3. The summed E-state index contributed by atoms with van der Waals surface area (Å²) in [7, 11) is 1.32. The van der Waals surface area contributed by atoms with Crippen LogP contribution in [0.2, 0.25) is 0 Å². The minimum absolute atomic E-state index is 0.0485. The first-order valence-electron chi connectivity index (χ1n) is 8.60. The molecule has 0 spiro atoms. The number of methoxy groups -OCH3 is 1. The summed E-state index contributed by atoms with van der Waals surface area (Å²) in [5.74, 6) is -0.462. The molecular weight excluding hydrogens is 334 g/mol. The topological polar surface area (TPSA) is 82.9 Å². The van der Waals surface area contributed by atoms with Crippen LogP contribution >= 0.6 is 0 Å². The van der Waals surface area contributed by atoms with Gasteiger partial charge in [0, 0.05) is 18.8 Å². The summed E-state index contributed by atoms with van der Waals surface area (Å²) in [6, 6.07) is 7.02. The number of nitriles is 1. The van der Waals surface area contributed by atoms with Crippen molar-refractivity contribution >= 4 is 17.7 Å². The number of benzene rings is 1. The number of hydrogen-bond donors (Lipinski definition) is 0. The van der Waals surface area contributed by atoms with Crippen molar-refractivity contribution in [3.8, 4) is 6.07 Å². The molecule has 7 heteroatoms. The molecule has 3 rings (SSSR count). The van der Waals surface area contributed by atoms with Crippen molar-refractivity contribution in [1.82, 2.24) is 4.90 Å². The lowest BCUT2D eigenvalue weighted by molar-refractivity contribution is -0.147. The van der Waals surface area contributed by atoms with Gasteiger partial charge in [0.15, 0.2) is 6.04 Å². The second kappa shape index (κ2) is 6.52. The monoisotopic (exact) mass is 357 g/mol. The van der Waals surface area contributed by atoms with Crippen LogP contribution in [0.15, 0.2) is 18.2 Å². The Morgan fingerprint density at radius 2 is 2.00 bits per heavy atom. The van der Waals surface area contributed by atoms with E-state index in [1.165, 1.54) is 12.0 Å². The Morgan fingerprint density at radius 3 is 2.62 bits per heavy atom. The fraction of sp³-hybridized carbons (Fsp3) is 0.526. The van der Waals surface area contributed by atoms with E-state index in [-0.39, 0.29) is 6.04 Å². The quantitative estimate of drug-likeness (QED) is 0.716. The fourth-order valence-electron chi connectivity index (χ4n) is 3.57. The number of anilines is 1. The number of ether oxygens (including phenoxy) is 2. The minimum atomic E-state index is -0.729. The van der Waals surface area contributed by atoms with E-state index in [1.54, 1.807) is 26.8 Å². The smallest absolute Gasteiger partial charge is 0.411 e. The molecule has 0 unspecified atom stereocenters. The van der Waals surface area contributed by atoms with E-state index in [1.807, 2.05) is 12.1 Å². The number of piperazine rings is 1. The minimum Gasteiger partial charge on any atom is -0.467 e. The van der Waals surface area contributed by atoms with Gasteiger partial charge in [0.1, 0.15) is 5.60 Å². The van der Waals surface area contributed by atoms with E-state index >= 15 is 0 Å². The molecule has 0 aromatic heterocycles. The molecule has 0 radical (unpaired) electrons. The summed E-state index contributed by atoms with van der Waals surface area (Å²) >= 11 is 0. The molecule has 2 heterocycles. The molecule has 1 saturated heterocycles. The highest BCUT2D eigenvalue weighted by molar-refractivity contribution is 5.83. The Morgan fingerprint density at radius 1 is 1.27 bits per heavy atom. The number of carbonyl (C=O) groups is 2. The Hall–Kier alpha value is -2.75. The lowest BCUT2D eigenvalue weighted by Gasteiger charge is -2.43. The van der Waals surface area contributed by atoms with Crippen molar-refractivity contribution < 1.29 is 19.1 Å². The molecule has 1 aromatic carbocycles. The summed E-state index contributed by atoms with van der Waals surface area (Å²) in [5, 5.41) is 9.10. The maximum Gasteiger partial charge on any atom is 0.411 e. The summed E-state index contributed by atoms with van der Waals surface area (Å²) in [5.41, 5.74) is 2.03. The summed E-state index contributed by atoms with van der Waals surface area (Å²) < 4.78 is 10.4. The maximum absolute atomic E-state index is 12.6. The third kappa shape index (κ3) is 3.32. The van der Waals surface area contributed by atoms with Crippen LogP contribution in [0.1, 0.15) is 31.9 Å².